The third-order valence-corrected chi connectivity index (χ3v) is 24.9. The number of primary amides is 2. The van der Waals surface area contributed by atoms with Crippen LogP contribution in [0.25, 0.3) is 21.8 Å². The van der Waals surface area contributed by atoms with Crippen LogP contribution in [0.3, 0.4) is 0 Å². The van der Waals surface area contributed by atoms with Gasteiger partial charge in [0.1, 0.15) is 84.6 Å². The number of carbonyl (C=O) groups excluding carboxylic acids is 17. The highest BCUT2D eigenvalue weighted by atomic mass is 32.2. The molecule has 17 amide bonds. The van der Waals surface area contributed by atoms with E-state index in [2.05, 4.69) is 68.5 Å². The maximum Gasteiger partial charge on any atom is 0.416 e. The van der Waals surface area contributed by atoms with Crippen LogP contribution in [0.4, 0.5) is 13.2 Å². The maximum absolute atomic E-state index is 15.7. The lowest BCUT2D eigenvalue weighted by molar-refractivity contribution is -0.149. The number of unbranched alkanes of at least 4 members (excludes halogenated alkanes) is 2. The molecule has 0 aliphatic carbocycles. The molecular formula is C89H126F3N23O19S. The first-order chi connectivity index (χ1) is 64.0. The van der Waals surface area contributed by atoms with Gasteiger partial charge in [0.15, 0.2) is 5.96 Å². The number of aliphatic hydroxyl groups is 2. The van der Waals surface area contributed by atoms with Crippen molar-refractivity contribution in [2.45, 2.75) is 234 Å². The highest BCUT2D eigenvalue weighted by molar-refractivity contribution is 8.00. The SMILES string of the molecule is CCCC[C@H]1C(=O)N(C)[C@@H](CCCC)C(=O)N[C@@H](CCCNC(=N)N)C(=O)N[C@H](C(=O)NCC(N)=O)CSCC(=O)N[C@@H](Cc2cccc(C(F)(F)F)c2)C(=O)N(C)[C@@H](C)C(=O)N[C@@H](CC(N)=O)C(=O)N2CCC[C@H]2C(=O)N[C@@H](CN)C(=O)N[C@@H](CC(C)C)C(=O)N2C[C@H](O)C[C@H]2C(=O)N[C@@H](Cc2c[nH]c3ccccc23)C(=O)N[C@@H](CO)C(=O)N[C@@H](Cc2c[nH]c3ccccc23)C(=O)N1C. The molecule has 135 heavy (non-hydrogen) atoms. The molecule has 2 aromatic heterocycles. The Morgan fingerprint density at radius 3 is 1.70 bits per heavy atom. The zero-order chi connectivity index (χ0) is 99.4. The molecule has 0 saturated carbocycles. The van der Waals surface area contributed by atoms with Gasteiger partial charge in [-0.1, -0.05) is 108 Å². The van der Waals surface area contributed by atoms with Crippen LogP contribution in [-0.2, 0) is 107 Å². The summed E-state index contributed by atoms with van der Waals surface area (Å²) >= 11 is 0.647. The lowest BCUT2D eigenvalue weighted by atomic mass is 10.00. The number of guanidine groups is 1. The number of aromatic nitrogens is 2. The monoisotopic (exact) mass is 1910 g/mol. The van der Waals surface area contributed by atoms with E-state index in [-0.39, 0.29) is 88.8 Å². The van der Waals surface area contributed by atoms with E-state index < -0.39 is 266 Å². The highest BCUT2D eigenvalue weighted by Gasteiger charge is 2.47. The van der Waals surface area contributed by atoms with Crippen LogP contribution in [-0.4, -0.2) is 314 Å². The Morgan fingerprint density at radius 2 is 1.10 bits per heavy atom. The van der Waals surface area contributed by atoms with Crippen LogP contribution in [0.2, 0.25) is 0 Å². The predicted molar refractivity (Wildman–Crippen MR) is 490 cm³/mol. The highest BCUT2D eigenvalue weighted by Crippen LogP contribution is 2.32. The van der Waals surface area contributed by atoms with Crippen LogP contribution in [0.1, 0.15) is 140 Å². The minimum absolute atomic E-state index is 0.0115. The van der Waals surface area contributed by atoms with E-state index in [1.54, 1.807) is 81.7 Å². The van der Waals surface area contributed by atoms with Gasteiger partial charge >= 0.3 is 6.18 Å². The summed E-state index contributed by atoms with van der Waals surface area (Å²) in [5.41, 5.74) is 23.7. The second-order valence-corrected chi connectivity index (χ2v) is 35.5. The minimum Gasteiger partial charge on any atom is -0.394 e. The number of H-pyrrole nitrogens is 2. The molecule has 3 aliphatic rings. The molecule has 3 aromatic carbocycles. The molecule has 15 atom stereocenters. The molecule has 3 saturated heterocycles. The van der Waals surface area contributed by atoms with Crippen LogP contribution in [0, 0.1) is 11.3 Å². The van der Waals surface area contributed by atoms with E-state index >= 15 is 33.6 Å². The molecule has 3 fully saturated rings. The van der Waals surface area contributed by atoms with E-state index in [9.17, 15) is 71.3 Å². The number of hydrogen-bond acceptors (Lipinski definition) is 22. The zero-order valence-corrected chi connectivity index (χ0v) is 77.5. The number of nitrogens with zero attached hydrogens (tertiary/aromatic N) is 5. The average Bonchev–Trinajstić information content (AvgIpc) is 1.75. The van der Waals surface area contributed by atoms with Crippen LogP contribution in [0.5, 0.6) is 0 Å². The van der Waals surface area contributed by atoms with Gasteiger partial charge < -0.3 is 126 Å². The minimum atomic E-state index is -4.90. The van der Waals surface area contributed by atoms with Gasteiger partial charge in [-0.15, -0.1) is 11.8 Å². The predicted octanol–water partition coefficient (Wildman–Crippen LogP) is -2.62. The zero-order valence-electron chi connectivity index (χ0n) is 76.7. The Morgan fingerprint density at radius 1 is 0.563 bits per heavy atom. The second-order valence-electron chi connectivity index (χ2n) is 34.5. The number of nitrogens with one attached hydrogen (secondary N) is 14. The number of aromatic amines is 2. The number of fused-ring (bicyclic) bond motifs is 4. The lowest BCUT2D eigenvalue weighted by Crippen LogP contribution is -2.62. The van der Waals surface area contributed by atoms with Gasteiger partial charge in [-0.25, -0.2) is 0 Å². The van der Waals surface area contributed by atoms with Crippen molar-refractivity contribution >= 4 is 140 Å². The van der Waals surface area contributed by atoms with Crippen molar-refractivity contribution < 1.29 is 105 Å². The molecule has 3 aliphatic heterocycles. The number of amides is 17. The molecule has 738 valence electrons. The van der Waals surface area contributed by atoms with Gasteiger partial charge in [0, 0.05) is 113 Å². The second kappa shape index (κ2) is 50.4. The number of aliphatic hydroxyl groups excluding tert-OH is 2. The lowest BCUT2D eigenvalue weighted by Gasteiger charge is -2.36. The fraction of sp³-hybridized carbons (Fsp3) is 0.551. The Balaban J connectivity index is 1.20. The molecule has 8 rings (SSSR count). The van der Waals surface area contributed by atoms with Crippen LogP contribution < -0.4 is 81.4 Å². The number of hydrogen-bond donors (Lipinski definition) is 20. The van der Waals surface area contributed by atoms with Crippen molar-refractivity contribution in [3.05, 3.63) is 107 Å². The molecule has 5 heterocycles. The van der Waals surface area contributed by atoms with Crippen molar-refractivity contribution in [1.29, 1.82) is 5.41 Å². The number of para-hydroxylation sites is 2. The molecule has 0 spiro atoms. The number of halogens is 3. The van der Waals surface area contributed by atoms with Crippen LogP contribution >= 0.6 is 11.8 Å². The van der Waals surface area contributed by atoms with Gasteiger partial charge in [0.2, 0.25) is 100 Å². The standard InChI is InChI=1S/C89H126F3N23O19S/c1-9-11-27-67-80(127)103-58(26-18-30-98-88(96)97)76(123)110-66(75(122)101-42-72(95)119)45-135-46-73(120)102-61(34-49-20-17-21-52(33-49)89(90,91)92)83(130)111(6)48(5)74(121)105-63(38-71(94)118)85(132)114-31-19-29-68(114)81(128)108-64(39-93)78(125)106-60(32-47(3)4)86(133)115-43-53(117)37-70(115)82(129)104-59(35-50-40-99-56-24-15-13-22-54(50)56)77(124)109-65(44-116)79(126)107-62(36-51-41-100-57-25-16-14-23-55(51)57)84(131)113(8)69(28-12-10-2)87(134)112(67)7/h13-17,20-25,33,40-41,47-48,53,58-70,99-100,116-117H,9-12,18-19,26-32,34-39,42-46,93H2,1-8H3,(H2,94,118)(H2,95,119)(H,101,122)(H,102,120)(H,103,127)(H,104,129)(H,105,121)(H,106,125)(H,107,126)(H,108,128)(H,109,124)(H,110,123)(H4,96,97,98)/t48-,53+,58-,59-,60-,61-,62-,63-,64-,65-,66-,67-,68-,69-,70-/m0/s1. The third-order valence-electron chi connectivity index (χ3n) is 23.9. The molecule has 0 bridgehead atoms. The van der Waals surface area contributed by atoms with E-state index in [0.29, 0.717) is 70.0 Å². The van der Waals surface area contributed by atoms with E-state index in [0.717, 1.165) is 50.6 Å². The first-order valence-electron chi connectivity index (χ1n) is 44.9. The van der Waals surface area contributed by atoms with Crippen molar-refractivity contribution in [2.24, 2.45) is 28.9 Å². The number of alkyl halides is 3. The van der Waals surface area contributed by atoms with E-state index in [1.165, 1.54) is 20.2 Å². The van der Waals surface area contributed by atoms with Crippen molar-refractivity contribution in [2.75, 3.05) is 72.0 Å². The summed E-state index contributed by atoms with van der Waals surface area (Å²) in [6.45, 7) is 4.95. The number of carbonyl (C=O) groups is 17. The molecule has 24 N–H and O–H groups in total. The average molecular weight is 1910 g/mol. The summed E-state index contributed by atoms with van der Waals surface area (Å²) in [6.07, 6.45) is -4.63. The number of benzene rings is 3. The van der Waals surface area contributed by atoms with Crippen LogP contribution in [0.15, 0.2) is 85.2 Å². The Hall–Kier alpha value is -13.0. The molecule has 46 heteroatoms. The van der Waals surface area contributed by atoms with Gasteiger partial charge in [-0.3, -0.25) is 86.9 Å². The summed E-state index contributed by atoms with van der Waals surface area (Å²) in [7, 11) is 3.71. The largest absolute Gasteiger partial charge is 0.416 e. The quantitative estimate of drug-likeness (QED) is 0.0162. The summed E-state index contributed by atoms with van der Waals surface area (Å²) in [5.74, 6) is -19.4. The van der Waals surface area contributed by atoms with Crippen molar-refractivity contribution in [3.8, 4) is 0 Å². The topological polar surface area (TPSA) is 639 Å². The summed E-state index contributed by atoms with van der Waals surface area (Å²) in [4.78, 5) is 260. The number of nitrogens with two attached hydrogens (primary N) is 4. The van der Waals surface area contributed by atoms with Gasteiger partial charge in [0.05, 0.1) is 37.0 Å². The van der Waals surface area contributed by atoms with Gasteiger partial charge in [-0.05, 0) is 92.7 Å². The number of likely N-dealkylation sites (N-methyl/N-ethyl adjacent to an activating group) is 3. The normalized spacial score (nSPS) is 24.9. The molecule has 0 unspecified atom stereocenters. The van der Waals surface area contributed by atoms with Crippen molar-refractivity contribution in [3.63, 3.8) is 0 Å². The summed E-state index contributed by atoms with van der Waals surface area (Å²) < 4.78 is 42.8. The Bertz CT molecular complexity index is 5100. The fourth-order valence-corrected chi connectivity index (χ4v) is 17.3. The van der Waals surface area contributed by atoms with Crippen molar-refractivity contribution in [1.82, 2.24) is 93.0 Å². The molecule has 5 aromatic rings. The molecule has 42 nitrogen and oxygen atoms in total. The molecular weight excluding hydrogens is 1780 g/mol. The maximum atomic E-state index is 15.7. The number of thioether (sulfide) groups is 1. The summed E-state index contributed by atoms with van der Waals surface area (Å²) in [5, 5.41) is 59.8. The summed E-state index contributed by atoms with van der Waals surface area (Å²) in [6, 6.07) is -5.22. The first kappa shape index (κ1) is 107. The van der Waals surface area contributed by atoms with E-state index in [1.807, 2.05) is 6.92 Å². The van der Waals surface area contributed by atoms with E-state index in [4.69, 9.17) is 28.3 Å². The van der Waals surface area contributed by atoms with Gasteiger partial charge in [0.25, 0.3) is 0 Å². The fourth-order valence-electron chi connectivity index (χ4n) is 16.4. The first-order valence-corrected chi connectivity index (χ1v) is 46.0. The smallest absolute Gasteiger partial charge is 0.394 e. The number of rotatable bonds is 25. The Labute approximate surface area is 782 Å². The Kier molecular flexibility index (Phi) is 40.1. The van der Waals surface area contributed by atoms with Gasteiger partial charge in [-0.2, -0.15) is 13.2 Å². The third kappa shape index (κ3) is 30.0. The molecule has 0 radical (unpaired) electrons.